The van der Waals surface area contributed by atoms with Gasteiger partial charge in [-0.1, -0.05) is 85.0 Å². The van der Waals surface area contributed by atoms with Gasteiger partial charge in [-0.3, -0.25) is 5.32 Å². The fourth-order valence-corrected chi connectivity index (χ4v) is 9.27. The maximum atomic E-state index is 3.88. The predicted octanol–water partition coefficient (Wildman–Crippen LogP) is 9.97. The Bertz CT molecular complexity index is 2250. The second-order valence-corrected chi connectivity index (χ2v) is 13.9. The van der Waals surface area contributed by atoms with Crippen LogP contribution in [0.1, 0.15) is 38.4 Å². The number of hydrogen-bond donors (Lipinski definition) is 2. The molecule has 0 saturated carbocycles. The molecule has 2 atom stereocenters. The summed E-state index contributed by atoms with van der Waals surface area (Å²) < 4.78 is 5.25. The van der Waals surface area contributed by atoms with Crippen molar-refractivity contribution in [3.05, 3.63) is 144 Å². The van der Waals surface area contributed by atoms with Gasteiger partial charge in [0.05, 0.1) is 11.0 Å². The minimum Gasteiger partial charge on any atom is -0.359 e. The quantitative estimate of drug-likeness (QED) is 0.206. The topological polar surface area (TPSA) is 32.2 Å². The zero-order valence-electron chi connectivity index (χ0n) is 26.2. The number of allylic oxidation sites excluding steroid dienone is 11. The molecule has 1 unspecified atom stereocenters. The molecule has 0 fully saturated rings. The third-order valence-electron chi connectivity index (χ3n) is 10.2. The Hall–Kier alpha value is -4.58. The molecule has 1 aliphatic heterocycles. The normalized spacial score (nSPS) is 21.8. The van der Waals surface area contributed by atoms with Gasteiger partial charge in [0, 0.05) is 67.5 Å². The molecule has 2 N–H and O–H groups in total. The Morgan fingerprint density at radius 1 is 0.848 bits per heavy atom. The predicted molar refractivity (Wildman–Crippen MR) is 196 cm³/mol. The van der Waals surface area contributed by atoms with Crippen LogP contribution in [0.4, 0.5) is 0 Å². The van der Waals surface area contributed by atoms with E-state index >= 15 is 0 Å². The van der Waals surface area contributed by atoms with Gasteiger partial charge < -0.3 is 14.8 Å². The van der Waals surface area contributed by atoms with Crippen LogP contribution in [0.25, 0.3) is 42.0 Å². The third-order valence-corrected chi connectivity index (χ3v) is 11.4. The van der Waals surface area contributed by atoms with Crippen LogP contribution < -0.4 is 10.6 Å². The molecule has 3 aliphatic carbocycles. The Balaban J connectivity index is 1.05. The Morgan fingerprint density at radius 3 is 2.63 bits per heavy atom. The van der Waals surface area contributed by atoms with Crippen molar-refractivity contribution in [2.24, 2.45) is 5.92 Å². The summed E-state index contributed by atoms with van der Waals surface area (Å²) >= 11 is 1.92. The first-order valence-electron chi connectivity index (χ1n) is 16.6. The SMILES string of the molecule is CN1C(C2C=CC=C(NC3=C(C4=CC=CCC4)CCC=C3)C2)=CCN[C@H]1n1c2ccccc2c2c3sc4ccccc4c3ccc21. The van der Waals surface area contributed by atoms with Gasteiger partial charge in [-0.05, 0) is 73.6 Å². The van der Waals surface area contributed by atoms with Crippen molar-refractivity contribution in [3.63, 3.8) is 0 Å². The lowest BCUT2D eigenvalue weighted by atomic mass is 9.89. The average molecular weight is 619 g/mol. The minimum absolute atomic E-state index is 0.00632. The van der Waals surface area contributed by atoms with E-state index in [4.69, 9.17) is 0 Å². The van der Waals surface area contributed by atoms with E-state index in [1.54, 1.807) is 0 Å². The molecule has 3 aromatic carbocycles. The van der Waals surface area contributed by atoms with Crippen molar-refractivity contribution >= 4 is 53.3 Å². The Kier molecular flexibility index (Phi) is 6.83. The number of fused-ring (bicyclic) bond motifs is 7. The highest BCUT2D eigenvalue weighted by molar-refractivity contribution is 7.26. The van der Waals surface area contributed by atoms with Crippen LogP contribution in [0.2, 0.25) is 0 Å². The molecule has 5 aromatic rings. The summed E-state index contributed by atoms with van der Waals surface area (Å²) in [7, 11) is 2.26. The third kappa shape index (κ3) is 4.52. The molecule has 4 nitrogen and oxygen atoms in total. The van der Waals surface area contributed by atoms with Crippen LogP contribution in [-0.4, -0.2) is 23.1 Å². The van der Waals surface area contributed by atoms with Gasteiger partial charge in [-0.2, -0.15) is 0 Å². The Labute approximate surface area is 274 Å². The summed E-state index contributed by atoms with van der Waals surface area (Å²) in [5.74, 6) is 0.304. The first-order chi connectivity index (χ1) is 22.7. The lowest BCUT2D eigenvalue weighted by Gasteiger charge is -2.40. The van der Waals surface area contributed by atoms with Crippen molar-refractivity contribution in [1.82, 2.24) is 20.1 Å². The van der Waals surface area contributed by atoms with Crippen LogP contribution in [0, 0.1) is 5.92 Å². The lowest BCUT2D eigenvalue weighted by Crippen LogP contribution is -2.44. The van der Waals surface area contributed by atoms with E-state index in [1.807, 2.05) is 11.3 Å². The zero-order valence-corrected chi connectivity index (χ0v) is 27.0. The fraction of sp³-hybridized carbons (Fsp3) is 0.220. The number of benzene rings is 3. The van der Waals surface area contributed by atoms with E-state index in [9.17, 15) is 0 Å². The van der Waals surface area contributed by atoms with Crippen LogP contribution in [0.3, 0.4) is 0 Å². The van der Waals surface area contributed by atoms with E-state index in [2.05, 4.69) is 142 Å². The molecule has 228 valence electrons. The standard InChI is InChI=1S/C41H38N4S/c1-44-35(28-14-11-15-29(26-28)43-34-19-8-5-16-30(34)27-12-3-2-4-13-27)24-25-42-41(44)45-36-20-9-6-18-33(36)39-37(45)23-22-32-31-17-7-10-21-38(31)46-40(32)39/h2-3,6-12,14-15,17-24,28,41-43H,4-5,13,16,25-26H2,1H3/t28?,41-/m1/s1. The van der Waals surface area contributed by atoms with Crippen molar-refractivity contribution in [2.45, 2.75) is 38.4 Å². The lowest BCUT2D eigenvalue weighted by molar-refractivity contribution is 0.166. The number of para-hydroxylation sites is 1. The number of hydrogen-bond acceptors (Lipinski definition) is 4. The second kappa shape index (κ2) is 11.3. The molecule has 4 aliphatic rings. The van der Waals surface area contributed by atoms with Gasteiger partial charge in [-0.15, -0.1) is 11.3 Å². The molecule has 0 bridgehead atoms. The van der Waals surface area contributed by atoms with Crippen molar-refractivity contribution in [1.29, 1.82) is 0 Å². The first-order valence-corrected chi connectivity index (χ1v) is 17.5. The largest absolute Gasteiger partial charge is 0.359 e. The van der Waals surface area contributed by atoms with E-state index in [-0.39, 0.29) is 6.29 Å². The molecular formula is C41H38N4S. The zero-order chi connectivity index (χ0) is 30.6. The molecule has 2 aromatic heterocycles. The van der Waals surface area contributed by atoms with Crippen LogP contribution in [0.5, 0.6) is 0 Å². The molecule has 0 amide bonds. The minimum atomic E-state index is 0.00632. The van der Waals surface area contributed by atoms with E-state index in [0.717, 1.165) is 38.6 Å². The van der Waals surface area contributed by atoms with Gasteiger partial charge in [0.25, 0.3) is 0 Å². The number of nitrogens with one attached hydrogen (secondary N) is 2. The summed E-state index contributed by atoms with van der Waals surface area (Å²) in [4.78, 5) is 2.47. The number of nitrogens with zero attached hydrogens (tertiary/aromatic N) is 2. The van der Waals surface area contributed by atoms with E-state index in [1.165, 1.54) is 70.2 Å². The van der Waals surface area contributed by atoms with Crippen LogP contribution >= 0.6 is 11.3 Å². The monoisotopic (exact) mass is 618 g/mol. The number of rotatable bonds is 5. The molecule has 0 spiro atoms. The molecule has 9 rings (SSSR count). The number of aromatic nitrogens is 1. The first kappa shape index (κ1) is 27.7. The highest BCUT2D eigenvalue weighted by Gasteiger charge is 2.30. The highest BCUT2D eigenvalue weighted by atomic mass is 32.1. The summed E-state index contributed by atoms with van der Waals surface area (Å²) in [6.07, 6.45) is 26.2. The summed E-state index contributed by atoms with van der Waals surface area (Å²) in [6, 6.07) is 22.4. The average Bonchev–Trinajstić information content (AvgIpc) is 3.65. The summed E-state index contributed by atoms with van der Waals surface area (Å²) in [5.41, 5.74) is 9.45. The smallest absolute Gasteiger partial charge is 0.162 e. The maximum Gasteiger partial charge on any atom is 0.162 e. The van der Waals surface area contributed by atoms with Crippen molar-refractivity contribution in [2.75, 3.05) is 13.6 Å². The van der Waals surface area contributed by atoms with Gasteiger partial charge >= 0.3 is 0 Å². The molecule has 5 heteroatoms. The molecule has 0 saturated heterocycles. The molecule has 46 heavy (non-hydrogen) atoms. The summed E-state index contributed by atoms with van der Waals surface area (Å²) in [5, 5.41) is 13.1. The van der Waals surface area contributed by atoms with E-state index < -0.39 is 0 Å². The second-order valence-electron chi connectivity index (χ2n) is 12.8. The van der Waals surface area contributed by atoms with E-state index in [0.29, 0.717) is 5.92 Å². The molecule has 3 heterocycles. The fourth-order valence-electron chi connectivity index (χ4n) is 8.01. The van der Waals surface area contributed by atoms with Gasteiger partial charge in [0.2, 0.25) is 0 Å². The molecular weight excluding hydrogens is 581 g/mol. The van der Waals surface area contributed by atoms with Crippen LogP contribution in [-0.2, 0) is 0 Å². The maximum absolute atomic E-state index is 3.88. The van der Waals surface area contributed by atoms with Crippen molar-refractivity contribution in [3.8, 4) is 0 Å². The van der Waals surface area contributed by atoms with Gasteiger partial charge in [0.15, 0.2) is 6.29 Å². The summed E-state index contributed by atoms with van der Waals surface area (Å²) in [6.45, 7) is 0.833. The van der Waals surface area contributed by atoms with Gasteiger partial charge in [-0.25, -0.2) is 0 Å². The molecule has 0 radical (unpaired) electrons. The highest BCUT2D eigenvalue weighted by Crippen LogP contribution is 2.44. The van der Waals surface area contributed by atoms with Gasteiger partial charge in [0.1, 0.15) is 0 Å². The Morgan fingerprint density at radius 2 is 1.72 bits per heavy atom. The van der Waals surface area contributed by atoms with Crippen molar-refractivity contribution < 1.29 is 0 Å². The number of thiophene rings is 1. The van der Waals surface area contributed by atoms with Crippen LogP contribution in [0.15, 0.2) is 144 Å².